The second kappa shape index (κ2) is 11.1. The van der Waals surface area contributed by atoms with Crippen LogP contribution in [-0.4, -0.2) is 40.1 Å². The summed E-state index contributed by atoms with van der Waals surface area (Å²) in [5.41, 5.74) is 2.55. The van der Waals surface area contributed by atoms with E-state index in [-0.39, 0.29) is 28.9 Å². The fourth-order valence-corrected chi connectivity index (χ4v) is 4.44. The van der Waals surface area contributed by atoms with Crippen LogP contribution in [0.4, 0.5) is 11.4 Å². The fourth-order valence-electron chi connectivity index (χ4n) is 3.59. The van der Waals surface area contributed by atoms with E-state index in [4.69, 9.17) is 4.74 Å². The minimum Gasteiger partial charge on any atom is -0.495 e. The van der Waals surface area contributed by atoms with Gasteiger partial charge in [-0.25, -0.2) is 8.42 Å². The molecule has 1 atom stereocenters. The lowest BCUT2D eigenvalue weighted by Crippen LogP contribution is -2.38. The van der Waals surface area contributed by atoms with E-state index in [1.54, 1.807) is 42.5 Å². The predicted molar refractivity (Wildman–Crippen MR) is 137 cm³/mol. The van der Waals surface area contributed by atoms with Gasteiger partial charge in [-0.2, -0.15) is 0 Å². The highest BCUT2D eigenvalue weighted by molar-refractivity contribution is 7.92. The first kappa shape index (κ1) is 25.8. The van der Waals surface area contributed by atoms with Crippen molar-refractivity contribution in [2.45, 2.75) is 19.9 Å². The first-order valence-electron chi connectivity index (χ1n) is 11.0. The summed E-state index contributed by atoms with van der Waals surface area (Å²) in [7, 11) is -2.38. The molecule has 3 aromatic rings. The highest BCUT2D eigenvalue weighted by Gasteiger charge is 2.25. The minimum absolute atomic E-state index is 0.248. The number of nitrogens with one attached hydrogen (secondary N) is 2. The number of carbonyl (C=O) groups excluding carboxylic acids is 2. The van der Waals surface area contributed by atoms with Crippen molar-refractivity contribution in [2.24, 2.45) is 0 Å². The van der Waals surface area contributed by atoms with Gasteiger partial charge in [-0.15, -0.1) is 0 Å². The number of hydrogen-bond donors (Lipinski definition) is 2. The molecule has 9 heteroatoms. The van der Waals surface area contributed by atoms with Crippen molar-refractivity contribution in [1.29, 1.82) is 0 Å². The zero-order valence-corrected chi connectivity index (χ0v) is 20.9. The molecule has 3 rings (SSSR count). The van der Waals surface area contributed by atoms with Gasteiger partial charge in [0.15, 0.2) is 0 Å². The topological polar surface area (TPSA) is 105 Å². The second-order valence-corrected chi connectivity index (χ2v) is 10.1. The zero-order chi connectivity index (χ0) is 25.6. The Morgan fingerprint density at radius 1 is 1.00 bits per heavy atom. The van der Waals surface area contributed by atoms with Gasteiger partial charge in [0.25, 0.3) is 5.91 Å². The van der Waals surface area contributed by atoms with E-state index in [1.165, 1.54) is 7.11 Å². The van der Waals surface area contributed by atoms with Crippen LogP contribution in [0.25, 0.3) is 0 Å². The molecule has 2 N–H and O–H groups in total. The Morgan fingerprint density at radius 3 is 2.31 bits per heavy atom. The third kappa shape index (κ3) is 6.60. The van der Waals surface area contributed by atoms with Crippen LogP contribution in [0.5, 0.6) is 5.75 Å². The number of carbonyl (C=O) groups is 2. The molecule has 3 aromatic carbocycles. The molecule has 8 nitrogen and oxygen atoms in total. The Kier molecular flexibility index (Phi) is 8.14. The number of anilines is 2. The first-order chi connectivity index (χ1) is 16.6. The minimum atomic E-state index is -3.81. The number of rotatable bonds is 9. The van der Waals surface area contributed by atoms with Crippen molar-refractivity contribution in [3.8, 4) is 5.75 Å². The van der Waals surface area contributed by atoms with Crippen molar-refractivity contribution < 1.29 is 22.7 Å². The van der Waals surface area contributed by atoms with E-state index in [2.05, 4.69) is 10.6 Å². The van der Waals surface area contributed by atoms with Crippen LogP contribution >= 0.6 is 0 Å². The molecule has 0 aliphatic carbocycles. The number of benzene rings is 3. The predicted octanol–water partition coefficient (Wildman–Crippen LogP) is 3.90. The average Bonchev–Trinajstić information content (AvgIpc) is 2.82. The molecule has 0 heterocycles. The summed E-state index contributed by atoms with van der Waals surface area (Å²) in [6.45, 7) is 3.19. The molecule has 0 spiro atoms. The van der Waals surface area contributed by atoms with E-state index in [9.17, 15) is 18.0 Å². The van der Waals surface area contributed by atoms with Gasteiger partial charge in [-0.1, -0.05) is 48.5 Å². The van der Waals surface area contributed by atoms with Crippen molar-refractivity contribution in [1.82, 2.24) is 5.32 Å². The SMILES string of the molecule is COc1ccc(C)cc1N(CC(=O)Nc1ccccc1C(=O)NC(C)c1ccccc1)S(C)(=O)=O. The van der Waals surface area contributed by atoms with Crippen molar-refractivity contribution in [3.05, 3.63) is 89.5 Å². The number of para-hydroxylation sites is 1. The van der Waals surface area contributed by atoms with Gasteiger partial charge >= 0.3 is 0 Å². The summed E-state index contributed by atoms with van der Waals surface area (Å²) in [5, 5.41) is 5.61. The molecule has 0 bridgehead atoms. The van der Waals surface area contributed by atoms with Gasteiger partial charge in [0.05, 0.1) is 36.3 Å². The van der Waals surface area contributed by atoms with Crippen molar-refractivity contribution in [2.75, 3.05) is 29.5 Å². The van der Waals surface area contributed by atoms with Crippen LogP contribution in [0.3, 0.4) is 0 Å². The normalized spacial score (nSPS) is 11.9. The van der Waals surface area contributed by atoms with E-state index in [1.807, 2.05) is 44.2 Å². The average molecular weight is 496 g/mol. The van der Waals surface area contributed by atoms with Crippen molar-refractivity contribution >= 4 is 33.2 Å². The van der Waals surface area contributed by atoms with E-state index < -0.39 is 22.5 Å². The van der Waals surface area contributed by atoms with Crippen LogP contribution < -0.4 is 19.7 Å². The highest BCUT2D eigenvalue weighted by atomic mass is 32.2. The Balaban J connectivity index is 1.81. The standard InChI is InChI=1S/C26H29N3O5S/c1-18-14-15-24(34-3)23(16-18)29(35(4,32)33)17-25(30)28-22-13-9-8-12-21(22)26(31)27-19(2)20-10-6-5-7-11-20/h5-16,19H,17H2,1-4H3,(H,27,31)(H,28,30). The van der Waals surface area contributed by atoms with Crippen molar-refractivity contribution in [3.63, 3.8) is 0 Å². The van der Waals surface area contributed by atoms with Crippen LogP contribution in [0, 0.1) is 6.92 Å². The summed E-state index contributed by atoms with van der Waals surface area (Å²) in [6, 6.07) is 20.9. The molecule has 0 aromatic heterocycles. The molecule has 0 saturated heterocycles. The third-order valence-electron chi connectivity index (χ3n) is 5.38. The molecule has 0 fully saturated rings. The first-order valence-corrected chi connectivity index (χ1v) is 12.8. The number of aryl methyl sites for hydroxylation is 1. The number of methoxy groups -OCH3 is 1. The summed E-state index contributed by atoms with van der Waals surface area (Å²) in [6.07, 6.45) is 1.02. The summed E-state index contributed by atoms with van der Waals surface area (Å²) >= 11 is 0. The molecule has 0 saturated carbocycles. The molecular formula is C26H29N3O5S. The Labute approximate surface area is 206 Å². The molecule has 0 radical (unpaired) electrons. The molecular weight excluding hydrogens is 466 g/mol. The Bertz CT molecular complexity index is 1310. The lowest BCUT2D eigenvalue weighted by molar-refractivity contribution is -0.114. The smallest absolute Gasteiger partial charge is 0.253 e. The van der Waals surface area contributed by atoms with Gasteiger partial charge in [-0.05, 0) is 49.2 Å². The lowest BCUT2D eigenvalue weighted by atomic mass is 10.1. The fraction of sp³-hybridized carbons (Fsp3) is 0.231. The largest absolute Gasteiger partial charge is 0.495 e. The van der Waals surface area contributed by atoms with Gasteiger partial charge in [-0.3, -0.25) is 13.9 Å². The van der Waals surface area contributed by atoms with Gasteiger partial charge in [0, 0.05) is 0 Å². The maximum atomic E-state index is 13.0. The van der Waals surface area contributed by atoms with E-state index in [0.29, 0.717) is 5.75 Å². The summed E-state index contributed by atoms with van der Waals surface area (Å²) < 4.78 is 31.4. The monoisotopic (exact) mass is 495 g/mol. The number of hydrogen-bond acceptors (Lipinski definition) is 5. The Hall–Kier alpha value is -3.85. The highest BCUT2D eigenvalue weighted by Crippen LogP contribution is 2.31. The molecule has 2 amide bonds. The number of sulfonamides is 1. The third-order valence-corrected chi connectivity index (χ3v) is 6.51. The van der Waals surface area contributed by atoms with Crippen LogP contribution in [0.15, 0.2) is 72.8 Å². The maximum absolute atomic E-state index is 13.0. The Morgan fingerprint density at radius 2 is 1.66 bits per heavy atom. The molecule has 35 heavy (non-hydrogen) atoms. The summed E-state index contributed by atoms with van der Waals surface area (Å²) in [4.78, 5) is 25.9. The number of ether oxygens (including phenoxy) is 1. The maximum Gasteiger partial charge on any atom is 0.253 e. The molecule has 184 valence electrons. The van der Waals surface area contributed by atoms with E-state index in [0.717, 1.165) is 21.7 Å². The van der Waals surface area contributed by atoms with Gasteiger partial charge in [0.1, 0.15) is 12.3 Å². The summed E-state index contributed by atoms with van der Waals surface area (Å²) in [5.74, 6) is -0.642. The molecule has 0 aliphatic rings. The zero-order valence-electron chi connectivity index (χ0n) is 20.1. The van der Waals surface area contributed by atoms with Gasteiger partial charge < -0.3 is 15.4 Å². The number of amides is 2. The van der Waals surface area contributed by atoms with Gasteiger partial charge in [0.2, 0.25) is 15.9 Å². The van der Waals surface area contributed by atoms with E-state index >= 15 is 0 Å². The number of nitrogens with zero attached hydrogens (tertiary/aromatic N) is 1. The molecule has 0 aliphatic heterocycles. The lowest BCUT2D eigenvalue weighted by Gasteiger charge is -2.24. The van der Waals surface area contributed by atoms with Crippen LogP contribution in [0.2, 0.25) is 0 Å². The molecule has 1 unspecified atom stereocenters. The second-order valence-electron chi connectivity index (χ2n) is 8.14. The quantitative estimate of drug-likeness (QED) is 0.469. The van der Waals surface area contributed by atoms with Crippen LogP contribution in [-0.2, 0) is 14.8 Å². The van der Waals surface area contributed by atoms with Crippen LogP contribution in [0.1, 0.15) is 34.5 Å².